The van der Waals surface area contributed by atoms with Crippen molar-refractivity contribution in [1.29, 1.82) is 0 Å². The van der Waals surface area contributed by atoms with Crippen molar-refractivity contribution in [2.75, 3.05) is 19.6 Å². The molecule has 3 radical (unpaired) electrons. The molecule has 0 atom stereocenters. The van der Waals surface area contributed by atoms with Gasteiger partial charge in [-0.3, -0.25) is 0 Å². The molecule has 0 spiro atoms. The summed E-state index contributed by atoms with van der Waals surface area (Å²) in [7, 11) is 3.54. The minimum absolute atomic E-state index is 1.10. The molecule has 0 amide bonds. The van der Waals surface area contributed by atoms with Gasteiger partial charge in [0.2, 0.25) is 0 Å². The van der Waals surface area contributed by atoms with Crippen molar-refractivity contribution in [3.8, 4) is 0 Å². The maximum Gasteiger partial charge on any atom is 0.101 e. The Morgan fingerprint density at radius 2 is 1.29 bits per heavy atom. The Bertz CT molecular complexity index is 356. The van der Waals surface area contributed by atoms with Gasteiger partial charge in [0.25, 0.3) is 0 Å². The monoisotopic (exact) mass is 346 g/mol. The zero-order valence-corrected chi connectivity index (χ0v) is 16.6. The lowest BCUT2D eigenvalue weighted by atomic mass is 10.1. The van der Waals surface area contributed by atoms with Crippen molar-refractivity contribution < 1.29 is 5.32 Å². The van der Waals surface area contributed by atoms with Gasteiger partial charge in [-0.15, -0.1) is 0 Å². The van der Waals surface area contributed by atoms with Gasteiger partial charge < -0.3 is 10.6 Å². The van der Waals surface area contributed by atoms with Gasteiger partial charge in [0, 0.05) is 22.4 Å². The number of unbranched alkanes of at least 4 members (excludes halogenated alkanes) is 9. The zero-order valence-electron chi connectivity index (χ0n) is 15.6. The van der Waals surface area contributed by atoms with Crippen molar-refractivity contribution in [3.63, 3.8) is 0 Å². The van der Waals surface area contributed by atoms with E-state index in [1.165, 1.54) is 88.9 Å². The molecule has 0 unspecified atom stereocenters. The number of hydrogen-bond acceptors (Lipinski definition) is 1. The lowest BCUT2D eigenvalue weighted by Crippen LogP contribution is -2.84. The van der Waals surface area contributed by atoms with E-state index in [-0.39, 0.29) is 0 Å². The lowest BCUT2D eigenvalue weighted by Gasteiger charge is -2.05. The molecule has 2 nitrogen and oxygen atoms in total. The van der Waals surface area contributed by atoms with E-state index in [2.05, 4.69) is 51.2 Å². The summed E-state index contributed by atoms with van der Waals surface area (Å²) in [6.45, 7) is 4.58. The number of nitrogens with one attached hydrogen (secondary N) is 1. The fourth-order valence-corrected chi connectivity index (χ4v) is 3.25. The molecule has 1 aromatic carbocycles. The van der Waals surface area contributed by atoms with E-state index in [0.717, 1.165) is 13.1 Å². The molecule has 24 heavy (non-hydrogen) atoms. The van der Waals surface area contributed by atoms with Crippen LogP contribution in [0.4, 0.5) is 0 Å². The summed E-state index contributed by atoms with van der Waals surface area (Å²) in [5.74, 6) is 0. The maximum absolute atomic E-state index is 3.57. The molecule has 0 saturated carbocycles. The third kappa shape index (κ3) is 13.8. The summed E-state index contributed by atoms with van der Waals surface area (Å²) in [4.78, 5) is 0. The van der Waals surface area contributed by atoms with Crippen LogP contribution in [-0.4, -0.2) is 29.9 Å². The van der Waals surface area contributed by atoms with E-state index in [4.69, 9.17) is 0 Å². The van der Waals surface area contributed by atoms with Gasteiger partial charge in [0.05, 0.1) is 6.54 Å². The van der Waals surface area contributed by atoms with Gasteiger partial charge in [-0.2, -0.15) is 0 Å². The van der Waals surface area contributed by atoms with Crippen molar-refractivity contribution in [2.24, 2.45) is 0 Å². The smallest absolute Gasteiger partial charge is 0.101 e. The number of nitrogens with two attached hydrogens (primary N) is 1. The molecular formula is C21H38N2Si+. The highest BCUT2D eigenvalue weighted by atomic mass is 28.1. The number of hydrogen-bond donors (Lipinski definition) is 2. The molecule has 1 rings (SSSR count). The molecule has 3 N–H and O–H groups in total. The SMILES string of the molecule is [Si]CCCCCCCCCCCCNCC[NH2+]Cc1ccccc1. The van der Waals surface area contributed by atoms with Crippen LogP contribution in [0.5, 0.6) is 0 Å². The molecule has 0 aliphatic rings. The van der Waals surface area contributed by atoms with Crippen LogP contribution in [0.1, 0.15) is 69.8 Å². The fourth-order valence-electron chi connectivity index (χ4n) is 3.00. The molecule has 0 aliphatic heterocycles. The second kappa shape index (κ2) is 17.2. The second-order valence-corrected chi connectivity index (χ2v) is 7.30. The second-order valence-electron chi connectivity index (χ2n) is 6.80. The highest BCUT2D eigenvalue weighted by Crippen LogP contribution is 2.10. The van der Waals surface area contributed by atoms with Crippen LogP contribution < -0.4 is 10.6 Å². The molecule has 0 fully saturated rings. The van der Waals surface area contributed by atoms with Crippen molar-refractivity contribution in [2.45, 2.75) is 76.8 Å². The van der Waals surface area contributed by atoms with Crippen LogP contribution in [0.15, 0.2) is 30.3 Å². The van der Waals surface area contributed by atoms with Crippen LogP contribution in [0, 0.1) is 0 Å². The van der Waals surface area contributed by atoms with Gasteiger partial charge in [-0.1, -0.05) is 94.2 Å². The van der Waals surface area contributed by atoms with Crippen molar-refractivity contribution in [1.82, 2.24) is 5.32 Å². The minimum Gasteiger partial charge on any atom is -0.341 e. The summed E-state index contributed by atoms with van der Waals surface area (Å²) in [5, 5.41) is 5.96. The largest absolute Gasteiger partial charge is 0.341 e. The normalized spacial score (nSPS) is 11.0. The first-order valence-electron chi connectivity index (χ1n) is 10.1. The maximum atomic E-state index is 3.57. The van der Waals surface area contributed by atoms with Gasteiger partial charge in [-0.25, -0.2) is 0 Å². The molecular weight excluding hydrogens is 308 g/mol. The summed E-state index contributed by atoms with van der Waals surface area (Å²) in [6.07, 6.45) is 14.1. The first-order valence-corrected chi connectivity index (χ1v) is 10.8. The zero-order chi connectivity index (χ0) is 17.1. The highest BCUT2D eigenvalue weighted by Gasteiger charge is 1.95. The highest BCUT2D eigenvalue weighted by molar-refractivity contribution is 6.08. The van der Waals surface area contributed by atoms with Crippen LogP contribution in [0.3, 0.4) is 0 Å². The molecule has 0 aromatic heterocycles. The molecule has 0 aliphatic carbocycles. The first-order chi connectivity index (χ1) is 11.9. The van der Waals surface area contributed by atoms with Crippen LogP contribution >= 0.6 is 0 Å². The first kappa shape index (κ1) is 21.4. The third-order valence-electron chi connectivity index (χ3n) is 4.53. The summed E-state index contributed by atoms with van der Waals surface area (Å²) >= 11 is 0. The van der Waals surface area contributed by atoms with Crippen LogP contribution in [-0.2, 0) is 6.54 Å². The Hall–Kier alpha value is -0.643. The minimum atomic E-state index is 1.10. The predicted molar refractivity (Wildman–Crippen MR) is 107 cm³/mol. The quantitative estimate of drug-likeness (QED) is 0.326. The average Bonchev–Trinajstić information content (AvgIpc) is 2.62. The Labute approximate surface area is 153 Å². The van der Waals surface area contributed by atoms with Crippen LogP contribution in [0.2, 0.25) is 6.04 Å². The molecule has 0 heterocycles. The molecule has 0 saturated heterocycles. The number of benzene rings is 1. The topological polar surface area (TPSA) is 28.6 Å². The number of rotatable bonds is 17. The Morgan fingerprint density at radius 3 is 1.92 bits per heavy atom. The Balaban J connectivity index is 1.70. The van der Waals surface area contributed by atoms with E-state index in [9.17, 15) is 0 Å². The van der Waals surface area contributed by atoms with E-state index in [1.54, 1.807) is 0 Å². The summed E-state index contributed by atoms with van der Waals surface area (Å²) in [5.41, 5.74) is 1.42. The molecule has 1 aromatic rings. The van der Waals surface area contributed by atoms with Crippen molar-refractivity contribution >= 4 is 10.2 Å². The van der Waals surface area contributed by atoms with E-state index in [1.807, 2.05) is 0 Å². The molecule has 0 bridgehead atoms. The predicted octanol–water partition coefficient (Wildman–Crippen LogP) is 3.83. The Morgan fingerprint density at radius 1 is 0.708 bits per heavy atom. The summed E-state index contributed by atoms with van der Waals surface area (Å²) < 4.78 is 0. The van der Waals surface area contributed by atoms with Gasteiger partial charge >= 0.3 is 0 Å². The average molecular weight is 347 g/mol. The molecule has 3 heteroatoms. The van der Waals surface area contributed by atoms with E-state index >= 15 is 0 Å². The Kier molecular flexibility index (Phi) is 15.3. The summed E-state index contributed by atoms with van der Waals surface area (Å²) in [6, 6.07) is 11.9. The van der Waals surface area contributed by atoms with E-state index < -0.39 is 0 Å². The van der Waals surface area contributed by atoms with Crippen molar-refractivity contribution in [3.05, 3.63) is 35.9 Å². The van der Waals surface area contributed by atoms with E-state index in [0.29, 0.717) is 0 Å². The fraction of sp³-hybridized carbons (Fsp3) is 0.714. The van der Waals surface area contributed by atoms with Gasteiger partial charge in [0.1, 0.15) is 6.54 Å². The third-order valence-corrected chi connectivity index (χ3v) is 4.88. The standard InChI is InChI=1S/C21H37N2Si/c24-19-13-8-6-4-2-1-3-5-7-12-16-22-17-18-23-20-21-14-10-9-11-15-21/h9-11,14-15,22-23H,1-8,12-13,16-20H2/p+1. The van der Waals surface area contributed by atoms with Crippen LogP contribution in [0.25, 0.3) is 0 Å². The molecule has 135 valence electrons. The number of quaternary nitrogens is 1. The van der Waals surface area contributed by atoms with Gasteiger partial charge in [-0.05, 0) is 13.0 Å². The lowest BCUT2D eigenvalue weighted by molar-refractivity contribution is -0.668. The van der Waals surface area contributed by atoms with Gasteiger partial charge in [0.15, 0.2) is 0 Å².